The molecule has 0 aliphatic heterocycles. The van der Waals surface area contributed by atoms with Gasteiger partial charge in [0, 0.05) is 16.0 Å². The lowest BCUT2D eigenvalue weighted by Gasteiger charge is -2.02. The minimum atomic E-state index is -0.0837. The molecule has 122 valence electrons. The summed E-state index contributed by atoms with van der Waals surface area (Å²) in [5, 5.41) is 6.09. The van der Waals surface area contributed by atoms with E-state index < -0.39 is 0 Å². The summed E-state index contributed by atoms with van der Waals surface area (Å²) in [6.07, 6.45) is 1.32. The first-order valence-electron chi connectivity index (χ1n) is 7.73. The van der Waals surface area contributed by atoms with E-state index in [1.165, 1.54) is 16.9 Å². The Kier molecular flexibility index (Phi) is 5.28. The van der Waals surface area contributed by atoms with Crippen LogP contribution in [0, 0.1) is 0 Å². The van der Waals surface area contributed by atoms with Crippen LogP contribution in [0.1, 0.15) is 18.1 Å². The van der Waals surface area contributed by atoms with Crippen molar-refractivity contribution >= 4 is 34.0 Å². The number of rotatable bonds is 5. The average molecular weight is 357 g/mol. The normalized spacial score (nSPS) is 10.6. The zero-order valence-corrected chi connectivity index (χ0v) is 14.8. The second-order valence-corrected chi connectivity index (χ2v) is 6.73. The van der Waals surface area contributed by atoms with E-state index in [4.69, 9.17) is 11.6 Å². The maximum Gasteiger partial charge on any atom is 0.230 e. The second-order valence-electron chi connectivity index (χ2n) is 5.44. The average Bonchev–Trinajstić information content (AvgIpc) is 3.05. The molecule has 0 aliphatic rings. The first kappa shape index (κ1) is 16.7. The highest BCUT2D eigenvalue weighted by atomic mass is 35.5. The molecule has 1 amide bonds. The van der Waals surface area contributed by atoms with Gasteiger partial charge in [-0.3, -0.25) is 4.79 Å². The third-order valence-electron chi connectivity index (χ3n) is 3.69. The molecule has 0 unspecified atom stereocenters. The summed E-state index contributed by atoms with van der Waals surface area (Å²) in [6, 6.07) is 15.6. The summed E-state index contributed by atoms with van der Waals surface area (Å²) in [6.45, 7) is 2.13. The molecule has 24 heavy (non-hydrogen) atoms. The van der Waals surface area contributed by atoms with Crippen LogP contribution < -0.4 is 5.32 Å². The maximum atomic E-state index is 12.1. The van der Waals surface area contributed by atoms with Gasteiger partial charge in [0.15, 0.2) is 5.13 Å². The lowest BCUT2D eigenvalue weighted by atomic mass is 10.1. The summed E-state index contributed by atoms with van der Waals surface area (Å²) in [7, 11) is 0. The maximum absolute atomic E-state index is 12.1. The lowest BCUT2D eigenvalue weighted by Crippen LogP contribution is -2.14. The van der Waals surface area contributed by atoms with Crippen molar-refractivity contribution in [1.82, 2.24) is 4.98 Å². The van der Waals surface area contributed by atoms with Crippen molar-refractivity contribution in [3.63, 3.8) is 0 Å². The van der Waals surface area contributed by atoms with Gasteiger partial charge in [-0.1, -0.05) is 54.9 Å². The minimum Gasteiger partial charge on any atom is -0.302 e. The van der Waals surface area contributed by atoms with Gasteiger partial charge in [-0.05, 0) is 29.7 Å². The summed E-state index contributed by atoms with van der Waals surface area (Å²) in [4.78, 5) is 16.6. The van der Waals surface area contributed by atoms with E-state index in [9.17, 15) is 4.79 Å². The van der Waals surface area contributed by atoms with Gasteiger partial charge >= 0.3 is 0 Å². The number of nitrogens with zero attached hydrogens (tertiary/aromatic N) is 1. The van der Waals surface area contributed by atoms with Crippen LogP contribution >= 0.6 is 22.9 Å². The van der Waals surface area contributed by atoms with E-state index in [-0.39, 0.29) is 5.91 Å². The topological polar surface area (TPSA) is 42.0 Å². The van der Waals surface area contributed by atoms with E-state index >= 15 is 0 Å². The van der Waals surface area contributed by atoms with Gasteiger partial charge in [0.25, 0.3) is 0 Å². The van der Waals surface area contributed by atoms with E-state index in [1.807, 2.05) is 17.5 Å². The van der Waals surface area contributed by atoms with E-state index in [0.29, 0.717) is 16.6 Å². The van der Waals surface area contributed by atoms with Crippen LogP contribution in [0.15, 0.2) is 53.9 Å². The van der Waals surface area contributed by atoms with Crippen LogP contribution in [0.4, 0.5) is 5.13 Å². The smallest absolute Gasteiger partial charge is 0.230 e. The van der Waals surface area contributed by atoms with Gasteiger partial charge in [-0.2, -0.15) is 0 Å². The van der Waals surface area contributed by atoms with Crippen molar-refractivity contribution in [2.45, 2.75) is 19.8 Å². The van der Waals surface area contributed by atoms with E-state index in [2.05, 4.69) is 41.5 Å². The Morgan fingerprint density at radius 1 is 1.08 bits per heavy atom. The van der Waals surface area contributed by atoms with Crippen molar-refractivity contribution in [3.05, 3.63) is 70.1 Å². The van der Waals surface area contributed by atoms with Crippen LogP contribution in [0.2, 0.25) is 5.02 Å². The van der Waals surface area contributed by atoms with Crippen molar-refractivity contribution in [2.75, 3.05) is 5.32 Å². The number of carbonyl (C=O) groups is 1. The summed E-state index contributed by atoms with van der Waals surface area (Å²) < 4.78 is 0. The van der Waals surface area contributed by atoms with Gasteiger partial charge in [0.1, 0.15) is 0 Å². The quantitative estimate of drug-likeness (QED) is 0.682. The molecule has 3 nitrogen and oxygen atoms in total. The fourth-order valence-corrected chi connectivity index (χ4v) is 3.19. The van der Waals surface area contributed by atoms with Crippen molar-refractivity contribution in [2.24, 2.45) is 0 Å². The van der Waals surface area contributed by atoms with Crippen LogP contribution in [-0.2, 0) is 17.6 Å². The molecule has 1 N–H and O–H groups in total. The fourth-order valence-electron chi connectivity index (χ4n) is 2.33. The van der Waals surface area contributed by atoms with Crippen LogP contribution in [0.5, 0.6) is 0 Å². The number of hydrogen-bond donors (Lipinski definition) is 1. The summed E-state index contributed by atoms with van der Waals surface area (Å²) in [5.74, 6) is -0.0837. The van der Waals surface area contributed by atoms with Gasteiger partial charge in [-0.25, -0.2) is 4.98 Å². The summed E-state index contributed by atoms with van der Waals surface area (Å²) >= 11 is 7.28. The summed E-state index contributed by atoms with van der Waals surface area (Å²) in [5.41, 5.74) is 4.15. The molecule has 2 aromatic carbocycles. The number of carbonyl (C=O) groups excluding carboxylic acids is 1. The Balaban J connectivity index is 1.64. The molecular weight excluding hydrogens is 340 g/mol. The molecule has 1 heterocycles. The highest BCUT2D eigenvalue weighted by Gasteiger charge is 2.09. The van der Waals surface area contributed by atoms with Gasteiger partial charge in [-0.15, -0.1) is 11.3 Å². The molecule has 0 bridgehead atoms. The number of hydrogen-bond acceptors (Lipinski definition) is 3. The molecule has 0 aliphatic carbocycles. The highest BCUT2D eigenvalue weighted by Crippen LogP contribution is 2.25. The highest BCUT2D eigenvalue weighted by molar-refractivity contribution is 7.14. The molecule has 0 atom stereocenters. The SMILES string of the molecule is CCc1ccc(-c2csc(NC(=O)Cc3ccc(Cl)cc3)n2)cc1. The molecule has 0 spiro atoms. The van der Waals surface area contributed by atoms with Gasteiger partial charge in [0.05, 0.1) is 12.1 Å². The van der Waals surface area contributed by atoms with Crippen molar-refractivity contribution in [3.8, 4) is 11.3 Å². The molecule has 0 fully saturated rings. The van der Waals surface area contributed by atoms with E-state index in [1.54, 1.807) is 12.1 Å². The number of halogens is 1. The lowest BCUT2D eigenvalue weighted by molar-refractivity contribution is -0.115. The first-order chi connectivity index (χ1) is 11.6. The third kappa shape index (κ3) is 4.22. The van der Waals surface area contributed by atoms with E-state index in [0.717, 1.165) is 23.2 Å². The van der Waals surface area contributed by atoms with Crippen LogP contribution in [0.3, 0.4) is 0 Å². The standard InChI is InChI=1S/C19H17ClN2OS/c1-2-13-3-7-15(8-4-13)17-12-24-19(21-17)22-18(23)11-14-5-9-16(20)10-6-14/h3-10,12H,2,11H2,1H3,(H,21,22,23). The number of thiazole rings is 1. The second kappa shape index (κ2) is 7.60. The third-order valence-corrected chi connectivity index (χ3v) is 4.70. The Labute approximate surface area is 150 Å². The Bertz CT molecular complexity index is 825. The Morgan fingerprint density at radius 2 is 1.75 bits per heavy atom. The molecule has 1 aromatic heterocycles. The molecular formula is C19H17ClN2OS. The number of amides is 1. The number of benzene rings is 2. The molecule has 3 aromatic rings. The first-order valence-corrected chi connectivity index (χ1v) is 8.99. The molecule has 0 saturated heterocycles. The number of aromatic nitrogens is 1. The zero-order chi connectivity index (χ0) is 16.9. The van der Waals surface area contributed by atoms with Gasteiger partial charge in [0.2, 0.25) is 5.91 Å². The molecule has 5 heteroatoms. The number of anilines is 1. The predicted molar refractivity (Wildman–Crippen MR) is 101 cm³/mol. The van der Waals surface area contributed by atoms with Crippen molar-refractivity contribution in [1.29, 1.82) is 0 Å². The predicted octanol–water partition coefficient (Wildman–Crippen LogP) is 5.21. The zero-order valence-electron chi connectivity index (χ0n) is 13.3. The monoisotopic (exact) mass is 356 g/mol. The van der Waals surface area contributed by atoms with Gasteiger partial charge < -0.3 is 5.32 Å². The minimum absolute atomic E-state index is 0.0837. The number of nitrogens with one attached hydrogen (secondary N) is 1. The molecule has 3 rings (SSSR count). The Hall–Kier alpha value is -2.17. The van der Waals surface area contributed by atoms with Crippen LogP contribution in [-0.4, -0.2) is 10.9 Å². The Morgan fingerprint density at radius 3 is 2.42 bits per heavy atom. The van der Waals surface area contributed by atoms with Crippen LogP contribution in [0.25, 0.3) is 11.3 Å². The fraction of sp³-hybridized carbons (Fsp3) is 0.158. The molecule has 0 saturated carbocycles. The number of aryl methyl sites for hydroxylation is 1. The largest absolute Gasteiger partial charge is 0.302 e. The molecule has 0 radical (unpaired) electrons. The van der Waals surface area contributed by atoms with Crippen molar-refractivity contribution < 1.29 is 4.79 Å².